The second-order valence-corrected chi connectivity index (χ2v) is 9.99. The number of nitrogens with zero attached hydrogens (tertiary/aromatic N) is 1. The van der Waals surface area contributed by atoms with Crippen molar-refractivity contribution in [1.29, 1.82) is 0 Å². The Balaban J connectivity index is 1.53. The molecule has 4 rings (SSSR count). The first kappa shape index (κ1) is 19.3. The number of fused-ring (bicyclic) bond motifs is 1. The van der Waals surface area contributed by atoms with Gasteiger partial charge in [0.15, 0.2) is 20.9 Å². The van der Waals surface area contributed by atoms with Crippen molar-refractivity contribution in [2.45, 2.75) is 48.2 Å². The van der Waals surface area contributed by atoms with Crippen LogP contribution in [0.4, 0.5) is 0 Å². The van der Waals surface area contributed by atoms with E-state index in [0.717, 1.165) is 10.7 Å². The van der Waals surface area contributed by atoms with Gasteiger partial charge >= 0.3 is 5.16 Å². The van der Waals surface area contributed by atoms with Gasteiger partial charge in [0.2, 0.25) is 0 Å². The van der Waals surface area contributed by atoms with E-state index in [1.54, 1.807) is 42.1 Å². The maximum Gasteiger partial charge on any atom is 0.317 e. The van der Waals surface area contributed by atoms with Gasteiger partial charge in [0.25, 0.3) is 0 Å². The lowest BCUT2D eigenvalue weighted by Crippen LogP contribution is -2.41. The van der Waals surface area contributed by atoms with Crippen molar-refractivity contribution in [3.63, 3.8) is 0 Å². The van der Waals surface area contributed by atoms with Crippen LogP contribution in [0.25, 0.3) is 11.0 Å². The van der Waals surface area contributed by atoms with Gasteiger partial charge in [-0.25, -0.2) is 18.0 Å². The molecule has 146 valence electrons. The van der Waals surface area contributed by atoms with E-state index in [4.69, 9.17) is 0 Å². The van der Waals surface area contributed by atoms with Crippen molar-refractivity contribution in [3.8, 4) is 0 Å². The molecule has 0 amide bonds. The van der Waals surface area contributed by atoms with Crippen molar-refractivity contribution < 1.29 is 13.0 Å². The van der Waals surface area contributed by atoms with E-state index in [1.807, 2.05) is 12.1 Å². The third-order valence-electron chi connectivity index (χ3n) is 5.23. The number of benzene rings is 2. The van der Waals surface area contributed by atoms with Crippen LogP contribution in [0.15, 0.2) is 76.1 Å². The summed E-state index contributed by atoms with van der Waals surface area (Å²) in [5.74, 6) is 0.603. The summed E-state index contributed by atoms with van der Waals surface area (Å²) < 4.78 is 27.2. The van der Waals surface area contributed by atoms with E-state index < -0.39 is 9.84 Å². The van der Waals surface area contributed by atoms with Gasteiger partial charge in [-0.1, -0.05) is 42.8 Å². The molecule has 28 heavy (non-hydrogen) atoms. The molecule has 0 atom stereocenters. The third-order valence-corrected chi connectivity index (χ3v) is 7.64. The van der Waals surface area contributed by atoms with Crippen LogP contribution in [0.1, 0.15) is 38.1 Å². The van der Waals surface area contributed by atoms with Gasteiger partial charge in [-0.05, 0) is 61.7 Å². The molecule has 0 saturated heterocycles. The smallest absolute Gasteiger partial charge is 0.231 e. The Morgan fingerprint density at radius 1 is 1.00 bits per heavy atom. The van der Waals surface area contributed by atoms with Crippen LogP contribution >= 0.6 is 11.8 Å². The van der Waals surface area contributed by atoms with Gasteiger partial charge in [0.1, 0.15) is 6.04 Å². The van der Waals surface area contributed by atoms with Gasteiger partial charge in [0.05, 0.1) is 4.90 Å². The third kappa shape index (κ3) is 4.18. The topological polar surface area (TPSA) is 53.8 Å². The molecule has 0 spiro atoms. The van der Waals surface area contributed by atoms with Crippen molar-refractivity contribution in [3.05, 3.63) is 66.1 Å². The van der Waals surface area contributed by atoms with Gasteiger partial charge in [-0.15, -0.1) is 0 Å². The van der Waals surface area contributed by atoms with Crippen LogP contribution in [-0.2, 0) is 9.84 Å². The maximum atomic E-state index is 12.4. The fraction of sp³-hybridized carbons (Fsp3) is 0.318. The minimum atomic E-state index is -3.38. The number of H-pyrrole nitrogens is 1. The van der Waals surface area contributed by atoms with Crippen molar-refractivity contribution >= 4 is 32.6 Å². The van der Waals surface area contributed by atoms with Crippen LogP contribution in [0.5, 0.6) is 0 Å². The summed E-state index contributed by atoms with van der Waals surface area (Å²) in [6, 6.07) is 17.5. The summed E-state index contributed by atoms with van der Waals surface area (Å²) in [6.45, 7) is 0. The molecule has 0 unspecified atom stereocenters. The van der Waals surface area contributed by atoms with E-state index in [2.05, 4.69) is 27.8 Å². The standard InChI is InChI=1S/C22H24N2O2S2/c25-28(26,19-12-5-2-6-13-19)17-9-16-27-22-23-20-14-7-8-15-21(20)24(22)18-10-3-1-4-11-18/h2,5-9,12-15,17-18H,1,3-4,10-11,16H2/p+1. The largest absolute Gasteiger partial charge is 0.317 e. The number of hydrogen-bond acceptors (Lipinski definition) is 3. The van der Waals surface area contributed by atoms with Crippen LogP contribution in [0.3, 0.4) is 0 Å². The van der Waals surface area contributed by atoms with E-state index in [9.17, 15) is 8.42 Å². The molecule has 1 fully saturated rings. The average Bonchev–Trinajstić information content (AvgIpc) is 3.11. The summed E-state index contributed by atoms with van der Waals surface area (Å²) >= 11 is 1.66. The van der Waals surface area contributed by atoms with E-state index in [1.165, 1.54) is 43.0 Å². The summed E-state index contributed by atoms with van der Waals surface area (Å²) in [7, 11) is -3.38. The molecule has 3 aromatic rings. The number of aromatic nitrogens is 2. The zero-order valence-corrected chi connectivity index (χ0v) is 17.4. The second-order valence-electron chi connectivity index (χ2n) is 7.15. The molecule has 1 aliphatic rings. The fourth-order valence-electron chi connectivity index (χ4n) is 3.86. The van der Waals surface area contributed by atoms with Crippen LogP contribution in [0, 0.1) is 0 Å². The zero-order valence-electron chi connectivity index (χ0n) is 15.8. The van der Waals surface area contributed by atoms with E-state index >= 15 is 0 Å². The summed E-state index contributed by atoms with van der Waals surface area (Å²) in [5, 5.41) is 2.43. The van der Waals surface area contributed by atoms with Crippen LogP contribution in [-0.4, -0.2) is 19.2 Å². The lowest BCUT2D eigenvalue weighted by atomic mass is 9.95. The highest BCUT2D eigenvalue weighted by Crippen LogP contribution is 2.28. The molecule has 1 aromatic heterocycles. The van der Waals surface area contributed by atoms with E-state index in [-0.39, 0.29) is 0 Å². The molecule has 0 aliphatic heterocycles. The summed E-state index contributed by atoms with van der Waals surface area (Å²) in [5.41, 5.74) is 2.37. The Morgan fingerprint density at radius 2 is 1.71 bits per heavy atom. The summed E-state index contributed by atoms with van der Waals surface area (Å²) in [4.78, 5) is 3.87. The number of thioether (sulfide) groups is 1. The van der Waals surface area contributed by atoms with Gasteiger partial charge in [0, 0.05) is 11.2 Å². The molecular formula is C22H25N2O2S2+. The molecule has 1 aliphatic carbocycles. The number of para-hydroxylation sites is 2. The molecule has 1 saturated carbocycles. The van der Waals surface area contributed by atoms with Gasteiger partial charge in [-0.3, -0.25) is 0 Å². The Kier molecular flexibility index (Phi) is 5.87. The highest BCUT2D eigenvalue weighted by Gasteiger charge is 2.27. The molecule has 1 N–H and O–H groups in total. The Hall–Kier alpha value is -2.05. The molecule has 2 aromatic carbocycles. The first-order valence-electron chi connectivity index (χ1n) is 9.77. The molecule has 6 heteroatoms. The van der Waals surface area contributed by atoms with Crippen molar-refractivity contribution in [1.82, 2.24) is 4.98 Å². The predicted molar refractivity (Wildman–Crippen MR) is 114 cm³/mol. The van der Waals surface area contributed by atoms with Crippen molar-refractivity contribution in [2.24, 2.45) is 0 Å². The van der Waals surface area contributed by atoms with Crippen molar-refractivity contribution in [2.75, 3.05) is 5.75 Å². The van der Waals surface area contributed by atoms with Gasteiger partial charge in [-0.2, -0.15) is 0 Å². The minimum Gasteiger partial charge on any atom is -0.231 e. The SMILES string of the molecule is O=S(=O)(C=CCSc1[nH]c2ccccc2[n+]1C1CCCCC1)c1ccccc1. The monoisotopic (exact) mass is 413 g/mol. The minimum absolute atomic E-state index is 0.333. The first-order valence-corrected chi connectivity index (χ1v) is 12.3. The second kappa shape index (κ2) is 8.53. The number of aromatic amines is 1. The molecular weight excluding hydrogens is 388 g/mol. The maximum absolute atomic E-state index is 12.4. The highest BCUT2D eigenvalue weighted by molar-refractivity contribution is 7.99. The average molecular weight is 414 g/mol. The molecule has 0 bridgehead atoms. The highest BCUT2D eigenvalue weighted by atomic mass is 32.2. The Morgan fingerprint density at radius 3 is 2.50 bits per heavy atom. The number of nitrogens with one attached hydrogen (secondary N) is 1. The molecule has 1 heterocycles. The first-order chi connectivity index (χ1) is 13.6. The van der Waals surface area contributed by atoms with Crippen LogP contribution in [0.2, 0.25) is 0 Å². The summed E-state index contributed by atoms with van der Waals surface area (Å²) in [6.07, 6.45) is 8.02. The van der Waals surface area contributed by atoms with Gasteiger partial charge < -0.3 is 0 Å². The lowest BCUT2D eigenvalue weighted by Gasteiger charge is -2.20. The molecule has 4 nitrogen and oxygen atoms in total. The quantitative estimate of drug-likeness (QED) is 0.455. The Bertz CT molecular complexity index is 1070. The lowest BCUT2D eigenvalue weighted by molar-refractivity contribution is -0.736. The predicted octanol–water partition coefficient (Wildman–Crippen LogP) is 5.04. The number of rotatable bonds is 6. The number of sulfone groups is 1. The van der Waals surface area contributed by atoms with Crippen LogP contribution < -0.4 is 4.57 Å². The Labute approximate surface area is 170 Å². The molecule has 0 radical (unpaired) electrons. The normalized spacial score (nSPS) is 16.1. The van der Waals surface area contributed by atoms with E-state index in [0.29, 0.717) is 16.7 Å². The number of hydrogen-bond donors (Lipinski definition) is 1. The fourth-order valence-corrected chi connectivity index (χ4v) is 5.95. The number of imidazole rings is 1. The zero-order chi connectivity index (χ0) is 19.4.